The van der Waals surface area contributed by atoms with Gasteiger partial charge in [0.15, 0.2) is 0 Å². The molecule has 0 spiro atoms. The predicted octanol–water partition coefficient (Wildman–Crippen LogP) is 4.01. The van der Waals surface area contributed by atoms with Gasteiger partial charge in [-0.15, -0.1) is 0 Å². The predicted molar refractivity (Wildman–Crippen MR) is 73.2 cm³/mol. The van der Waals surface area contributed by atoms with Crippen molar-refractivity contribution in [3.8, 4) is 0 Å². The average molecular weight is 264 g/mol. The van der Waals surface area contributed by atoms with Gasteiger partial charge >= 0.3 is 0 Å². The van der Waals surface area contributed by atoms with Crippen LogP contribution in [0.25, 0.3) is 0 Å². The zero-order chi connectivity index (χ0) is 13.3. The van der Waals surface area contributed by atoms with Gasteiger partial charge in [0, 0.05) is 5.02 Å². The second kappa shape index (κ2) is 4.71. The maximum absolute atomic E-state index is 13.4. The van der Waals surface area contributed by atoms with Gasteiger partial charge in [0.05, 0.1) is 5.54 Å². The highest BCUT2D eigenvalue weighted by Crippen LogP contribution is 2.30. The lowest BCUT2D eigenvalue weighted by Gasteiger charge is -2.28. The quantitative estimate of drug-likeness (QED) is 0.870. The molecular weight excluding hydrogens is 249 g/mol. The molecule has 0 aromatic heterocycles. The summed E-state index contributed by atoms with van der Waals surface area (Å²) in [6, 6.07) is 12.0. The molecule has 0 aliphatic heterocycles. The summed E-state index contributed by atoms with van der Waals surface area (Å²) in [6.45, 7) is 3.78. The molecule has 0 heterocycles. The Hall–Kier alpha value is -1.38. The molecule has 1 atom stereocenters. The van der Waals surface area contributed by atoms with Crippen molar-refractivity contribution in [1.82, 2.24) is 0 Å². The van der Waals surface area contributed by atoms with E-state index in [9.17, 15) is 4.39 Å². The van der Waals surface area contributed by atoms with Crippen LogP contribution in [0.3, 0.4) is 0 Å². The van der Waals surface area contributed by atoms with Gasteiger partial charge in [-0.3, -0.25) is 0 Å². The molecule has 0 saturated heterocycles. The SMILES string of the molecule is Cc1ccc(F)cc1C(C)(N)c1cccc(Cl)c1. The van der Waals surface area contributed by atoms with Crippen molar-refractivity contribution in [3.05, 3.63) is 70.0 Å². The summed E-state index contributed by atoms with van der Waals surface area (Å²) in [5.74, 6) is -0.283. The average Bonchev–Trinajstić information content (AvgIpc) is 2.32. The van der Waals surface area contributed by atoms with E-state index >= 15 is 0 Å². The minimum absolute atomic E-state index is 0.283. The van der Waals surface area contributed by atoms with E-state index < -0.39 is 5.54 Å². The van der Waals surface area contributed by atoms with Crippen molar-refractivity contribution >= 4 is 11.6 Å². The lowest BCUT2D eigenvalue weighted by Crippen LogP contribution is -2.35. The Labute approximate surface area is 111 Å². The molecule has 2 aromatic rings. The fraction of sp³-hybridized carbons (Fsp3) is 0.200. The topological polar surface area (TPSA) is 26.0 Å². The summed E-state index contributed by atoms with van der Waals surface area (Å²) in [7, 11) is 0. The zero-order valence-electron chi connectivity index (χ0n) is 10.4. The molecule has 3 heteroatoms. The third-order valence-electron chi connectivity index (χ3n) is 3.18. The van der Waals surface area contributed by atoms with Gasteiger partial charge in [0.1, 0.15) is 5.82 Å². The van der Waals surface area contributed by atoms with Crippen LogP contribution in [0.5, 0.6) is 0 Å². The van der Waals surface area contributed by atoms with Crippen molar-refractivity contribution < 1.29 is 4.39 Å². The Morgan fingerprint density at radius 1 is 1.17 bits per heavy atom. The highest BCUT2D eigenvalue weighted by molar-refractivity contribution is 6.30. The van der Waals surface area contributed by atoms with Crippen molar-refractivity contribution in [1.29, 1.82) is 0 Å². The van der Waals surface area contributed by atoms with Crippen LogP contribution in [-0.2, 0) is 5.54 Å². The largest absolute Gasteiger partial charge is 0.318 e. The molecular formula is C15H15ClFN. The Morgan fingerprint density at radius 3 is 2.56 bits per heavy atom. The van der Waals surface area contributed by atoms with E-state index in [4.69, 9.17) is 17.3 Å². The molecule has 2 aromatic carbocycles. The summed E-state index contributed by atoms with van der Waals surface area (Å²) in [4.78, 5) is 0. The Kier molecular flexibility index (Phi) is 3.42. The van der Waals surface area contributed by atoms with E-state index in [1.165, 1.54) is 12.1 Å². The summed E-state index contributed by atoms with van der Waals surface area (Å²) in [5.41, 5.74) is 8.20. The van der Waals surface area contributed by atoms with Crippen LogP contribution in [0.2, 0.25) is 5.02 Å². The standard InChI is InChI=1S/C15H15ClFN/c1-10-6-7-13(17)9-14(10)15(2,18)11-4-3-5-12(16)8-11/h3-9H,18H2,1-2H3. The first-order chi connectivity index (χ1) is 8.41. The fourth-order valence-corrected chi connectivity index (χ4v) is 2.31. The summed E-state index contributed by atoms with van der Waals surface area (Å²) in [5, 5.41) is 0.623. The third kappa shape index (κ3) is 2.40. The first kappa shape index (κ1) is 13.1. The maximum atomic E-state index is 13.4. The maximum Gasteiger partial charge on any atom is 0.123 e. The van der Waals surface area contributed by atoms with Gasteiger partial charge < -0.3 is 5.73 Å². The van der Waals surface area contributed by atoms with E-state index in [1.54, 1.807) is 12.1 Å². The summed E-state index contributed by atoms with van der Waals surface area (Å²) < 4.78 is 13.4. The molecule has 2 rings (SSSR count). The minimum atomic E-state index is -0.767. The number of nitrogens with two attached hydrogens (primary N) is 1. The highest BCUT2D eigenvalue weighted by Gasteiger charge is 2.26. The number of benzene rings is 2. The van der Waals surface area contributed by atoms with Gasteiger partial charge in [-0.1, -0.05) is 29.8 Å². The molecule has 1 unspecified atom stereocenters. The molecule has 0 bridgehead atoms. The fourth-order valence-electron chi connectivity index (χ4n) is 2.12. The van der Waals surface area contributed by atoms with Gasteiger partial charge in [0.2, 0.25) is 0 Å². The highest BCUT2D eigenvalue weighted by atomic mass is 35.5. The summed E-state index contributed by atoms with van der Waals surface area (Å²) >= 11 is 5.98. The third-order valence-corrected chi connectivity index (χ3v) is 3.42. The van der Waals surface area contributed by atoms with Crippen LogP contribution < -0.4 is 5.73 Å². The van der Waals surface area contributed by atoms with Crippen LogP contribution >= 0.6 is 11.6 Å². The number of rotatable bonds is 2. The Bertz CT molecular complexity index is 578. The monoisotopic (exact) mass is 263 g/mol. The lowest BCUT2D eigenvalue weighted by atomic mass is 9.83. The van der Waals surface area contributed by atoms with Gasteiger partial charge in [-0.2, -0.15) is 0 Å². The number of aryl methyl sites for hydroxylation is 1. The number of hydrogen-bond donors (Lipinski definition) is 1. The molecule has 0 saturated carbocycles. The Morgan fingerprint density at radius 2 is 1.89 bits per heavy atom. The van der Waals surface area contributed by atoms with Crippen molar-refractivity contribution in [2.75, 3.05) is 0 Å². The van der Waals surface area contributed by atoms with Crippen LogP contribution in [0.15, 0.2) is 42.5 Å². The van der Waals surface area contributed by atoms with E-state index in [0.29, 0.717) is 5.02 Å². The van der Waals surface area contributed by atoms with E-state index in [2.05, 4.69) is 0 Å². The van der Waals surface area contributed by atoms with Crippen LogP contribution in [0.4, 0.5) is 4.39 Å². The van der Waals surface area contributed by atoms with Crippen molar-refractivity contribution in [3.63, 3.8) is 0 Å². The molecule has 0 aliphatic rings. The molecule has 18 heavy (non-hydrogen) atoms. The molecule has 2 N–H and O–H groups in total. The zero-order valence-corrected chi connectivity index (χ0v) is 11.1. The van der Waals surface area contributed by atoms with E-state index in [1.807, 2.05) is 32.0 Å². The van der Waals surface area contributed by atoms with Crippen molar-refractivity contribution in [2.45, 2.75) is 19.4 Å². The molecule has 0 aliphatic carbocycles. The van der Waals surface area contributed by atoms with Crippen LogP contribution in [0.1, 0.15) is 23.6 Å². The second-order valence-electron chi connectivity index (χ2n) is 4.67. The smallest absolute Gasteiger partial charge is 0.123 e. The number of hydrogen-bond acceptors (Lipinski definition) is 1. The second-order valence-corrected chi connectivity index (χ2v) is 5.11. The molecule has 1 nitrogen and oxygen atoms in total. The van der Waals surface area contributed by atoms with Gasteiger partial charge in [-0.25, -0.2) is 4.39 Å². The van der Waals surface area contributed by atoms with E-state index in [-0.39, 0.29) is 5.82 Å². The van der Waals surface area contributed by atoms with Gasteiger partial charge in [0.25, 0.3) is 0 Å². The molecule has 0 amide bonds. The first-order valence-corrected chi connectivity index (χ1v) is 6.10. The first-order valence-electron chi connectivity index (χ1n) is 5.73. The Balaban J connectivity index is 2.57. The van der Waals surface area contributed by atoms with Crippen molar-refractivity contribution in [2.24, 2.45) is 5.73 Å². The normalized spacial score (nSPS) is 14.3. The van der Waals surface area contributed by atoms with Crippen LogP contribution in [-0.4, -0.2) is 0 Å². The lowest BCUT2D eigenvalue weighted by molar-refractivity contribution is 0.578. The molecule has 0 fully saturated rings. The van der Waals surface area contributed by atoms with Crippen LogP contribution in [0, 0.1) is 12.7 Å². The van der Waals surface area contributed by atoms with Gasteiger partial charge in [-0.05, 0) is 54.8 Å². The molecule has 0 radical (unpaired) electrons. The van der Waals surface area contributed by atoms with E-state index in [0.717, 1.165) is 16.7 Å². The molecule has 94 valence electrons. The minimum Gasteiger partial charge on any atom is -0.318 e. The number of halogens is 2. The summed E-state index contributed by atoms with van der Waals surface area (Å²) in [6.07, 6.45) is 0.